The summed E-state index contributed by atoms with van der Waals surface area (Å²) >= 11 is 0. The van der Waals surface area contributed by atoms with E-state index in [4.69, 9.17) is 0 Å². The van der Waals surface area contributed by atoms with E-state index in [9.17, 15) is 9.50 Å². The van der Waals surface area contributed by atoms with Gasteiger partial charge in [0.15, 0.2) is 0 Å². The highest BCUT2D eigenvalue weighted by atomic mass is 19.1. The molecule has 1 aliphatic rings. The van der Waals surface area contributed by atoms with E-state index in [1.54, 1.807) is 6.07 Å². The Morgan fingerprint density at radius 2 is 2.18 bits per heavy atom. The number of aliphatic hydroxyl groups is 1. The van der Waals surface area contributed by atoms with Gasteiger partial charge in [-0.3, -0.25) is 0 Å². The molecule has 1 aromatic carbocycles. The van der Waals surface area contributed by atoms with Gasteiger partial charge in [0.25, 0.3) is 0 Å². The quantitative estimate of drug-likeness (QED) is 0.870. The van der Waals surface area contributed by atoms with Crippen LogP contribution in [0.3, 0.4) is 0 Å². The lowest BCUT2D eigenvalue weighted by atomic mass is 9.76. The Kier molecular flexibility index (Phi) is 3.79. The third-order valence-corrected chi connectivity index (χ3v) is 3.71. The van der Waals surface area contributed by atoms with Gasteiger partial charge in [0, 0.05) is 12.0 Å². The molecule has 0 amide bonds. The molecule has 3 heteroatoms. The number of likely N-dealkylation sites (tertiary alicyclic amines) is 1. The largest absolute Gasteiger partial charge is 0.396 e. The van der Waals surface area contributed by atoms with Crippen LogP contribution in [0.2, 0.25) is 0 Å². The summed E-state index contributed by atoms with van der Waals surface area (Å²) in [7, 11) is 2.06. The van der Waals surface area contributed by atoms with Gasteiger partial charge >= 0.3 is 0 Å². The molecule has 1 saturated heterocycles. The van der Waals surface area contributed by atoms with E-state index in [-0.39, 0.29) is 17.8 Å². The van der Waals surface area contributed by atoms with Gasteiger partial charge in [0.2, 0.25) is 0 Å². The van der Waals surface area contributed by atoms with Crippen molar-refractivity contribution in [3.05, 3.63) is 35.6 Å². The van der Waals surface area contributed by atoms with E-state index in [0.29, 0.717) is 6.42 Å². The molecular weight excluding hydrogens is 217 g/mol. The summed E-state index contributed by atoms with van der Waals surface area (Å²) in [6.45, 7) is 2.04. The third kappa shape index (κ3) is 2.85. The molecule has 1 atom stereocenters. The van der Waals surface area contributed by atoms with Gasteiger partial charge in [-0.15, -0.1) is 0 Å². The molecular formula is C14H20FNO. The number of nitrogens with zero attached hydrogens (tertiary/aromatic N) is 1. The van der Waals surface area contributed by atoms with Gasteiger partial charge in [-0.1, -0.05) is 18.2 Å². The number of halogens is 1. The van der Waals surface area contributed by atoms with Gasteiger partial charge in [0.1, 0.15) is 5.82 Å². The summed E-state index contributed by atoms with van der Waals surface area (Å²) in [6.07, 6.45) is 2.67. The second kappa shape index (κ2) is 5.15. The fourth-order valence-corrected chi connectivity index (χ4v) is 2.83. The van der Waals surface area contributed by atoms with E-state index < -0.39 is 0 Å². The highest BCUT2D eigenvalue weighted by molar-refractivity contribution is 5.19. The number of piperidine rings is 1. The molecule has 0 bridgehead atoms. The molecule has 0 spiro atoms. The molecule has 1 aliphatic heterocycles. The van der Waals surface area contributed by atoms with Crippen LogP contribution < -0.4 is 0 Å². The van der Waals surface area contributed by atoms with Crippen LogP contribution >= 0.6 is 0 Å². The second-order valence-electron chi connectivity index (χ2n) is 5.27. The van der Waals surface area contributed by atoms with Crippen LogP contribution in [-0.4, -0.2) is 36.8 Å². The van der Waals surface area contributed by atoms with Crippen LogP contribution in [0.1, 0.15) is 18.4 Å². The van der Waals surface area contributed by atoms with Crippen molar-refractivity contribution in [3.8, 4) is 0 Å². The van der Waals surface area contributed by atoms with Crippen molar-refractivity contribution in [1.29, 1.82) is 0 Å². The second-order valence-corrected chi connectivity index (χ2v) is 5.27. The molecule has 94 valence electrons. The first kappa shape index (κ1) is 12.5. The zero-order chi connectivity index (χ0) is 12.3. The Labute approximate surface area is 102 Å². The van der Waals surface area contributed by atoms with Gasteiger partial charge in [-0.25, -0.2) is 4.39 Å². The van der Waals surface area contributed by atoms with Crippen LogP contribution in [0, 0.1) is 11.2 Å². The van der Waals surface area contributed by atoms with Gasteiger partial charge < -0.3 is 10.0 Å². The molecule has 0 aromatic heterocycles. The van der Waals surface area contributed by atoms with Crippen molar-refractivity contribution < 1.29 is 9.50 Å². The molecule has 1 unspecified atom stereocenters. The summed E-state index contributed by atoms with van der Waals surface area (Å²) in [5, 5.41) is 9.66. The minimum absolute atomic E-state index is 0.131. The van der Waals surface area contributed by atoms with Gasteiger partial charge in [-0.2, -0.15) is 0 Å². The molecule has 0 saturated carbocycles. The highest BCUT2D eigenvalue weighted by Gasteiger charge is 2.34. The monoisotopic (exact) mass is 237 g/mol. The maximum Gasteiger partial charge on any atom is 0.126 e. The summed E-state index contributed by atoms with van der Waals surface area (Å²) in [5.74, 6) is -0.159. The fourth-order valence-electron chi connectivity index (χ4n) is 2.83. The van der Waals surface area contributed by atoms with E-state index >= 15 is 0 Å². The van der Waals surface area contributed by atoms with Crippen molar-refractivity contribution in [2.75, 3.05) is 26.7 Å². The zero-order valence-corrected chi connectivity index (χ0v) is 10.3. The van der Waals surface area contributed by atoms with Crippen LogP contribution in [0.4, 0.5) is 4.39 Å². The number of rotatable bonds is 3. The molecule has 17 heavy (non-hydrogen) atoms. The van der Waals surface area contributed by atoms with E-state index in [2.05, 4.69) is 11.9 Å². The van der Waals surface area contributed by atoms with E-state index in [0.717, 1.165) is 31.5 Å². The van der Waals surface area contributed by atoms with Crippen molar-refractivity contribution in [1.82, 2.24) is 4.90 Å². The average molecular weight is 237 g/mol. The number of hydrogen-bond acceptors (Lipinski definition) is 2. The maximum absolute atomic E-state index is 13.7. The molecule has 0 aliphatic carbocycles. The Morgan fingerprint density at radius 1 is 1.41 bits per heavy atom. The number of aliphatic hydroxyl groups excluding tert-OH is 1. The molecule has 2 nitrogen and oxygen atoms in total. The Hall–Kier alpha value is -0.930. The molecule has 1 aromatic rings. The minimum Gasteiger partial charge on any atom is -0.396 e. The zero-order valence-electron chi connectivity index (χ0n) is 10.3. The molecule has 1 heterocycles. The van der Waals surface area contributed by atoms with Crippen LogP contribution in [0.5, 0.6) is 0 Å². The topological polar surface area (TPSA) is 23.5 Å². The maximum atomic E-state index is 13.7. The lowest BCUT2D eigenvalue weighted by Gasteiger charge is -2.40. The van der Waals surface area contributed by atoms with E-state index in [1.165, 1.54) is 6.07 Å². The van der Waals surface area contributed by atoms with Crippen molar-refractivity contribution in [2.45, 2.75) is 19.3 Å². The third-order valence-electron chi connectivity index (χ3n) is 3.71. The number of benzene rings is 1. The van der Waals surface area contributed by atoms with Crippen LogP contribution in [0.25, 0.3) is 0 Å². The average Bonchev–Trinajstić information content (AvgIpc) is 2.32. The smallest absolute Gasteiger partial charge is 0.126 e. The summed E-state index contributed by atoms with van der Waals surface area (Å²) in [6, 6.07) is 6.88. The lowest BCUT2D eigenvalue weighted by molar-refractivity contribution is 0.0432. The van der Waals surface area contributed by atoms with Crippen LogP contribution in [0.15, 0.2) is 24.3 Å². The first-order valence-corrected chi connectivity index (χ1v) is 6.18. The molecule has 1 N–H and O–H groups in total. The SMILES string of the molecule is CN1CCCC(CO)(Cc2ccccc2F)C1. The predicted molar refractivity (Wildman–Crippen MR) is 66.4 cm³/mol. The lowest BCUT2D eigenvalue weighted by Crippen LogP contribution is -2.45. The number of hydrogen-bond donors (Lipinski definition) is 1. The van der Waals surface area contributed by atoms with Crippen molar-refractivity contribution in [3.63, 3.8) is 0 Å². The van der Waals surface area contributed by atoms with Crippen molar-refractivity contribution >= 4 is 0 Å². The minimum atomic E-state index is -0.171. The standard InChI is InChI=1S/C14H20FNO/c1-16-8-4-7-14(10-16,11-17)9-12-5-2-3-6-13(12)15/h2-3,5-6,17H,4,7-11H2,1H3. The predicted octanol–water partition coefficient (Wildman–Crippen LogP) is 2.07. The first-order valence-electron chi connectivity index (χ1n) is 6.18. The highest BCUT2D eigenvalue weighted by Crippen LogP contribution is 2.33. The van der Waals surface area contributed by atoms with Crippen LogP contribution in [-0.2, 0) is 6.42 Å². The fraction of sp³-hybridized carbons (Fsp3) is 0.571. The van der Waals surface area contributed by atoms with Gasteiger partial charge in [0.05, 0.1) is 6.61 Å². The molecule has 0 radical (unpaired) electrons. The summed E-state index contributed by atoms with van der Waals surface area (Å²) < 4.78 is 13.7. The summed E-state index contributed by atoms with van der Waals surface area (Å²) in [5.41, 5.74) is 0.548. The van der Waals surface area contributed by atoms with E-state index in [1.807, 2.05) is 12.1 Å². The van der Waals surface area contributed by atoms with Gasteiger partial charge in [-0.05, 0) is 44.5 Å². The molecule has 2 rings (SSSR count). The summed E-state index contributed by atoms with van der Waals surface area (Å²) in [4.78, 5) is 2.22. The first-order chi connectivity index (χ1) is 8.15. The Morgan fingerprint density at radius 3 is 2.82 bits per heavy atom. The Balaban J connectivity index is 2.17. The Bertz CT molecular complexity index is 382. The van der Waals surface area contributed by atoms with Crippen molar-refractivity contribution in [2.24, 2.45) is 5.41 Å². The molecule has 1 fully saturated rings. The normalized spacial score (nSPS) is 26.1.